The van der Waals surface area contributed by atoms with Crippen LogP contribution in [-0.4, -0.2) is 0 Å². The number of aryl methyl sites for hydroxylation is 1. The molecule has 19 heavy (non-hydrogen) atoms. The number of fused-ring (bicyclic) bond motifs is 1. The number of benzene rings is 1. The minimum atomic E-state index is 1.03. The molecule has 98 valence electrons. The average molecular weight is 270 g/mol. The summed E-state index contributed by atoms with van der Waals surface area (Å²) < 4.78 is 3.80. The summed E-state index contributed by atoms with van der Waals surface area (Å²) in [6, 6.07) is 8.69. The molecule has 0 aliphatic heterocycles. The lowest BCUT2D eigenvalue weighted by molar-refractivity contribution is -0.665. The van der Waals surface area contributed by atoms with E-state index in [1.54, 1.807) is 0 Å². The second kappa shape index (κ2) is 5.30. The normalized spacial score (nSPS) is 18.0. The zero-order chi connectivity index (χ0) is 13.2. The number of rotatable bonds is 2. The van der Waals surface area contributed by atoms with E-state index in [-0.39, 0.29) is 0 Å². The van der Waals surface area contributed by atoms with Crippen LogP contribution in [0.3, 0.4) is 0 Å². The maximum absolute atomic E-state index is 2.42. The predicted molar refractivity (Wildman–Crippen MR) is 83.3 cm³/mol. The van der Waals surface area contributed by atoms with Crippen molar-refractivity contribution >= 4 is 27.6 Å². The van der Waals surface area contributed by atoms with Crippen molar-refractivity contribution in [1.82, 2.24) is 0 Å². The molecule has 1 aliphatic rings. The van der Waals surface area contributed by atoms with Crippen molar-refractivity contribution in [1.29, 1.82) is 0 Å². The van der Waals surface area contributed by atoms with Crippen LogP contribution >= 0.6 is 11.3 Å². The third-order valence-corrected chi connectivity index (χ3v) is 4.84. The highest BCUT2D eigenvalue weighted by Crippen LogP contribution is 2.26. The molecule has 0 radical (unpaired) electrons. The number of aromatic nitrogens is 1. The van der Waals surface area contributed by atoms with Crippen LogP contribution in [-0.2, 0) is 6.54 Å². The van der Waals surface area contributed by atoms with Gasteiger partial charge in [-0.25, -0.2) is 0 Å². The second-order valence-electron chi connectivity index (χ2n) is 5.22. The average Bonchev–Trinajstić information content (AvgIpc) is 2.75. The lowest BCUT2D eigenvalue weighted by Gasteiger charge is -2.10. The quantitative estimate of drug-likeness (QED) is 0.695. The van der Waals surface area contributed by atoms with E-state index in [0.717, 1.165) is 6.54 Å². The van der Waals surface area contributed by atoms with E-state index in [9.17, 15) is 0 Å². The molecule has 0 saturated carbocycles. The van der Waals surface area contributed by atoms with E-state index >= 15 is 0 Å². The van der Waals surface area contributed by atoms with Gasteiger partial charge in [-0.1, -0.05) is 35.1 Å². The van der Waals surface area contributed by atoms with Crippen molar-refractivity contribution in [2.75, 3.05) is 0 Å². The van der Waals surface area contributed by atoms with Gasteiger partial charge in [0.2, 0.25) is 5.52 Å². The Hall–Kier alpha value is -1.41. The van der Waals surface area contributed by atoms with Gasteiger partial charge in [0.25, 0.3) is 5.01 Å². The molecule has 0 spiro atoms. The largest absolute Gasteiger partial charge is 0.263 e. The summed E-state index contributed by atoms with van der Waals surface area (Å²) in [5.41, 5.74) is 4.36. The molecule has 1 heterocycles. The number of nitrogens with zero attached hydrogens (tertiary/aromatic N) is 1. The number of para-hydroxylation sites is 1. The number of hydrogen-bond donors (Lipinski definition) is 0. The van der Waals surface area contributed by atoms with E-state index in [1.807, 2.05) is 11.3 Å². The van der Waals surface area contributed by atoms with Gasteiger partial charge in [0, 0.05) is 12.1 Å². The van der Waals surface area contributed by atoms with E-state index in [4.69, 9.17) is 0 Å². The molecule has 1 aliphatic carbocycles. The van der Waals surface area contributed by atoms with Crippen LogP contribution < -0.4 is 4.57 Å². The van der Waals surface area contributed by atoms with Crippen LogP contribution in [0.15, 0.2) is 41.5 Å². The third kappa shape index (κ3) is 2.50. The summed E-state index contributed by atoms with van der Waals surface area (Å²) in [6.45, 7) is 5.50. The summed E-state index contributed by atoms with van der Waals surface area (Å²) in [4.78, 5) is 0. The fraction of sp³-hybridized carbons (Fsp3) is 0.353. The first kappa shape index (κ1) is 12.6. The fourth-order valence-electron chi connectivity index (χ4n) is 2.79. The highest BCUT2D eigenvalue weighted by Gasteiger charge is 2.17. The topological polar surface area (TPSA) is 3.88 Å². The van der Waals surface area contributed by atoms with Crippen LogP contribution in [0.5, 0.6) is 0 Å². The van der Waals surface area contributed by atoms with Crippen molar-refractivity contribution in [2.24, 2.45) is 0 Å². The molecule has 0 fully saturated rings. The Labute approximate surface area is 118 Å². The first-order chi connectivity index (χ1) is 9.28. The Morgan fingerprint density at radius 1 is 1.26 bits per heavy atom. The van der Waals surface area contributed by atoms with Crippen LogP contribution in [0.4, 0.5) is 0 Å². The Morgan fingerprint density at radius 2 is 2.11 bits per heavy atom. The minimum absolute atomic E-state index is 1.03. The molecule has 0 bridgehead atoms. The van der Waals surface area contributed by atoms with Crippen molar-refractivity contribution < 1.29 is 4.57 Å². The van der Waals surface area contributed by atoms with Gasteiger partial charge in [-0.2, -0.15) is 4.57 Å². The number of hydrogen-bond acceptors (Lipinski definition) is 1. The van der Waals surface area contributed by atoms with Gasteiger partial charge in [-0.15, -0.1) is 0 Å². The maximum Gasteiger partial charge on any atom is 0.263 e. The van der Waals surface area contributed by atoms with Gasteiger partial charge in [-0.05, 0) is 44.7 Å². The smallest absolute Gasteiger partial charge is 0.182 e. The molecule has 3 rings (SSSR count). The van der Waals surface area contributed by atoms with Crippen molar-refractivity contribution in [3.63, 3.8) is 0 Å². The van der Waals surface area contributed by atoms with E-state index in [2.05, 4.69) is 54.8 Å². The number of allylic oxidation sites excluding steroid dienone is 3. The zero-order valence-corrected chi connectivity index (χ0v) is 12.5. The van der Waals surface area contributed by atoms with E-state index < -0.39 is 0 Å². The van der Waals surface area contributed by atoms with Gasteiger partial charge in [-0.3, -0.25) is 0 Å². The molecule has 1 nitrogen and oxygen atoms in total. The van der Waals surface area contributed by atoms with Crippen LogP contribution in [0.25, 0.3) is 16.3 Å². The Bertz CT molecular complexity index is 661. The lowest BCUT2D eigenvalue weighted by Crippen LogP contribution is -2.33. The van der Waals surface area contributed by atoms with E-state index in [0.29, 0.717) is 0 Å². The van der Waals surface area contributed by atoms with Crippen LogP contribution in [0.1, 0.15) is 38.1 Å². The summed E-state index contributed by atoms with van der Waals surface area (Å²) in [7, 11) is 0. The van der Waals surface area contributed by atoms with Crippen molar-refractivity contribution in [3.05, 3.63) is 46.5 Å². The molecule has 1 aromatic heterocycles. The first-order valence-corrected chi connectivity index (χ1v) is 7.88. The van der Waals surface area contributed by atoms with Crippen LogP contribution in [0.2, 0.25) is 0 Å². The van der Waals surface area contributed by atoms with Gasteiger partial charge < -0.3 is 0 Å². The number of thiazole rings is 1. The van der Waals surface area contributed by atoms with Gasteiger partial charge in [0.1, 0.15) is 11.2 Å². The highest BCUT2D eigenvalue weighted by molar-refractivity contribution is 7.18. The Kier molecular flexibility index (Phi) is 3.52. The van der Waals surface area contributed by atoms with Crippen molar-refractivity contribution in [3.8, 4) is 0 Å². The fourth-order valence-corrected chi connectivity index (χ4v) is 3.99. The van der Waals surface area contributed by atoms with Gasteiger partial charge in [0.15, 0.2) is 0 Å². The van der Waals surface area contributed by atoms with Crippen molar-refractivity contribution in [2.45, 2.75) is 39.7 Å². The SMILES string of the molecule is CC[n+]1c(C=C2C=C(C)CCC2)sc2ccccc21. The molecule has 0 atom stereocenters. The highest BCUT2D eigenvalue weighted by atomic mass is 32.1. The Balaban J connectivity index is 2.10. The standard InChI is InChI=1S/C17H20NS/c1-3-18-15-9-4-5-10-16(15)19-17(18)12-14-8-6-7-13(2)11-14/h4-5,9-12H,3,6-8H2,1-2H3/q+1. The summed E-state index contributed by atoms with van der Waals surface area (Å²) >= 11 is 1.90. The molecular formula is C17H20NS+. The molecule has 0 amide bonds. The second-order valence-corrected chi connectivity index (χ2v) is 6.28. The first-order valence-electron chi connectivity index (χ1n) is 7.07. The molecule has 2 heteroatoms. The lowest BCUT2D eigenvalue weighted by atomic mass is 9.96. The summed E-state index contributed by atoms with van der Waals surface area (Å²) in [5, 5.41) is 1.38. The maximum atomic E-state index is 2.42. The Morgan fingerprint density at radius 3 is 2.89 bits per heavy atom. The van der Waals surface area contributed by atoms with Gasteiger partial charge in [0.05, 0.1) is 0 Å². The zero-order valence-electron chi connectivity index (χ0n) is 11.6. The van der Waals surface area contributed by atoms with Gasteiger partial charge >= 0.3 is 0 Å². The third-order valence-electron chi connectivity index (χ3n) is 3.73. The molecule has 0 saturated heterocycles. The molecule has 0 unspecified atom stereocenters. The predicted octanol–water partition coefficient (Wildman–Crippen LogP) is 4.72. The molecule has 2 aromatic rings. The minimum Gasteiger partial charge on any atom is -0.182 e. The molecule has 1 aromatic carbocycles. The molecule has 0 N–H and O–H groups in total. The van der Waals surface area contributed by atoms with Crippen LogP contribution in [0, 0.1) is 0 Å². The summed E-state index contributed by atoms with van der Waals surface area (Å²) in [6.07, 6.45) is 8.53. The molecular weight excluding hydrogens is 250 g/mol. The monoisotopic (exact) mass is 270 g/mol. The summed E-state index contributed by atoms with van der Waals surface area (Å²) in [5.74, 6) is 0. The van der Waals surface area contributed by atoms with E-state index in [1.165, 1.54) is 45.6 Å².